The Hall–Kier alpha value is -7.99. The Bertz CT molecular complexity index is 3020. The van der Waals surface area contributed by atoms with Gasteiger partial charge in [0.15, 0.2) is 11.6 Å². The number of benzene rings is 3. The van der Waals surface area contributed by atoms with Crippen LogP contribution in [0, 0.1) is 0 Å². The standard InChI is InChI=1S/C45H29N11O/c1-3-11-29-27(9-1)15-16-35(55-29)45(44-51-23-24-52-44)41(33-25-28-10-2-4-12-30(28)54-33)40-36(32-14-7-20-53-56-32)37(34-26-46-21-22-48-34)39(43-49-18-8-19-50-43)38(42(40)57-45)31-13-5-6-17-47-31/h1-26,41,54H,(H,51,52). The van der Waals surface area contributed by atoms with Gasteiger partial charge in [-0.25, -0.2) is 19.9 Å². The molecule has 0 bridgehead atoms. The lowest BCUT2D eigenvalue weighted by Crippen LogP contribution is -2.39. The van der Waals surface area contributed by atoms with Crippen molar-refractivity contribution >= 4 is 21.8 Å². The molecule has 0 aliphatic carbocycles. The fourth-order valence-corrected chi connectivity index (χ4v) is 8.22. The largest absolute Gasteiger partial charge is 0.471 e. The van der Waals surface area contributed by atoms with Gasteiger partial charge in [-0.1, -0.05) is 48.5 Å². The van der Waals surface area contributed by atoms with Crippen molar-refractivity contribution in [2.45, 2.75) is 11.5 Å². The highest BCUT2D eigenvalue weighted by molar-refractivity contribution is 6.04. The third-order valence-corrected chi connectivity index (χ3v) is 10.5. The molecule has 2 N–H and O–H groups in total. The average molecular weight is 740 g/mol. The number of hydrogen-bond donors (Lipinski definition) is 2. The zero-order valence-electron chi connectivity index (χ0n) is 30.0. The van der Waals surface area contributed by atoms with Crippen molar-refractivity contribution in [2.24, 2.45) is 0 Å². The lowest BCUT2D eigenvalue weighted by Gasteiger charge is -2.32. The summed E-state index contributed by atoms with van der Waals surface area (Å²) in [4.78, 5) is 41.8. The van der Waals surface area contributed by atoms with Crippen LogP contribution in [-0.2, 0) is 5.60 Å². The monoisotopic (exact) mass is 739 g/mol. The van der Waals surface area contributed by atoms with E-state index in [1.54, 1.807) is 55.6 Å². The molecule has 57 heavy (non-hydrogen) atoms. The number of H-pyrrole nitrogens is 2. The van der Waals surface area contributed by atoms with Crippen LogP contribution in [0.25, 0.3) is 67.0 Å². The summed E-state index contributed by atoms with van der Waals surface area (Å²) in [5, 5.41) is 11.2. The molecule has 270 valence electrons. The zero-order chi connectivity index (χ0) is 37.8. The zero-order valence-corrected chi connectivity index (χ0v) is 30.0. The van der Waals surface area contributed by atoms with Crippen LogP contribution in [0.4, 0.5) is 0 Å². The molecule has 0 radical (unpaired) electrons. The third kappa shape index (κ3) is 5.11. The number of aromatic amines is 2. The second-order valence-electron chi connectivity index (χ2n) is 13.6. The van der Waals surface area contributed by atoms with Crippen LogP contribution in [0.15, 0.2) is 159 Å². The molecule has 2 unspecified atom stereocenters. The molecule has 1 aliphatic rings. The molecular weight excluding hydrogens is 711 g/mol. The Morgan fingerprint density at radius 3 is 2.21 bits per heavy atom. The minimum Gasteiger partial charge on any atom is -0.471 e. The van der Waals surface area contributed by atoms with Crippen molar-refractivity contribution in [3.63, 3.8) is 0 Å². The summed E-state index contributed by atoms with van der Waals surface area (Å²) in [7, 11) is 0. The Balaban J connectivity index is 1.39. The first kappa shape index (κ1) is 32.4. The van der Waals surface area contributed by atoms with Crippen molar-refractivity contribution in [3.05, 3.63) is 182 Å². The number of nitrogens with zero attached hydrogens (tertiary/aromatic N) is 9. The van der Waals surface area contributed by atoms with Gasteiger partial charge in [-0.15, -0.1) is 0 Å². The molecule has 0 fully saturated rings. The Labute approximate surface area is 324 Å². The molecule has 0 saturated carbocycles. The Morgan fingerprint density at radius 2 is 1.42 bits per heavy atom. The van der Waals surface area contributed by atoms with E-state index >= 15 is 0 Å². The summed E-state index contributed by atoms with van der Waals surface area (Å²) in [6, 6.07) is 34.0. The first-order valence-electron chi connectivity index (χ1n) is 18.4. The lowest BCUT2D eigenvalue weighted by molar-refractivity contribution is 0.109. The van der Waals surface area contributed by atoms with Crippen molar-refractivity contribution in [1.29, 1.82) is 0 Å². The van der Waals surface area contributed by atoms with Gasteiger partial charge in [-0.05, 0) is 60.0 Å². The van der Waals surface area contributed by atoms with Gasteiger partial charge in [-0.3, -0.25) is 15.0 Å². The van der Waals surface area contributed by atoms with E-state index in [1.165, 1.54) is 0 Å². The fraction of sp³-hybridized carbons (Fsp3) is 0.0444. The van der Waals surface area contributed by atoms with Gasteiger partial charge in [-0.2, -0.15) is 10.2 Å². The van der Waals surface area contributed by atoms with Crippen LogP contribution >= 0.6 is 0 Å². The number of imidazole rings is 1. The van der Waals surface area contributed by atoms with E-state index in [4.69, 9.17) is 39.7 Å². The summed E-state index contributed by atoms with van der Waals surface area (Å²) in [6.45, 7) is 0. The topological polar surface area (TPSA) is 157 Å². The van der Waals surface area contributed by atoms with Crippen LogP contribution in [-0.4, -0.2) is 55.1 Å². The molecule has 8 heterocycles. The molecule has 2 atom stereocenters. The lowest BCUT2D eigenvalue weighted by atomic mass is 9.74. The summed E-state index contributed by atoms with van der Waals surface area (Å²) in [6.07, 6.45) is 15.5. The number of para-hydroxylation sites is 2. The first-order chi connectivity index (χ1) is 28.3. The van der Waals surface area contributed by atoms with Gasteiger partial charge in [0.05, 0.1) is 46.0 Å². The summed E-state index contributed by atoms with van der Waals surface area (Å²) in [5.74, 6) is 0.914. The average Bonchev–Trinajstić information content (AvgIpc) is 4.05. The predicted molar refractivity (Wildman–Crippen MR) is 215 cm³/mol. The van der Waals surface area contributed by atoms with E-state index in [0.717, 1.165) is 38.6 Å². The minimum atomic E-state index is -1.38. The summed E-state index contributed by atoms with van der Waals surface area (Å²) >= 11 is 0. The molecule has 0 saturated heterocycles. The van der Waals surface area contributed by atoms with Gasteiger partial charge in [0.25, 0.3) is 0 Å². The molecule has 10 aromatic rings. The van der Waals surface area contributed by atoms with E-state index in [0.29, 0.717) is 56.9 Å². The molecule has 0 spiro atoms. The maximum absolute atomic E-state index is 7.78. The minimum absolute atomic E-state index is 0.442. The molecule has 3 aromatic carbocycles. The molecule has 11 rings (SSSR count). The molecule has 12 heteroatoms. The number of nitrogens with one attached hydrogen (secondary N) is 2. The molecule has 7 aromatic heterocycles. The highest BCUT2D eigenvalue weighted by atomic mass is 16.5. The first-order valence-corrected chi connectivity index (χ1v) is 18.4. The second-order valence-corrected chi connectivity index (χ2v) is 13.6. The van der Waals surface area contributed by atoms with Gasteiger partial charge in [0.2, 0.25) is 5.60 Å². The molecule has 0 amide bonds. The SMILES string of the molecule is c1ccc(-c2c3c(c(-c4cccnn4)c(-c4cnccn4)c2-c2ncccn2)C(c2cc4ccccc4[nH]2)C(c2ccc4ccccc4n2)(c2ncc[nH]2)O3)nc1. The Morgan fingerprint density at radius 1 is 0.596 bits per heavy atom. The molecule has 1 aliphatic heterocycles. The van der Waals surface area contributed by atoms with E-state index < -0.39 is 11.5 Å². The van der Waals surface area contributed by atoms with Crippen molar-refractivity contribution in [1.82, 2.24) is 55.1 Å². The van der Waals surface area contributed by atoms with Crippen LogP contribution < -0.4 is 4.74 Å². The number of aromatic nitrogens is 11. The van der Waals surface area contributed by atoms with E-state index in [1.807, 2.05) is 72.9 Å². The molecular formula is C45H29N11O. The highest BCUT2D eigenvalue weighted by Gasteiger charge is 2.58. The van der Waals surface area contributed by atoms with Crippen molar-refractivity contribution in [3.8, 4) is 50.9 Å². The Kier molecular flexibility index (Phi) is 7.45. The van der Waals surface area contributed by atoms with Gasteiger partial charge >= 0.3 is 0 Å². The number of ether oxygens (including phenoxy) is 1. The van der Waals surface area contributed by atoms with Crippen LogP contribution in [0.1, 0.15) is 28.7 Å². The van der Waals surface area contributed by atoms with Crippen molar-refractivity contribution < 1.29 is 4.74 Å². The fourth-order valence-electron chi connectivity index (χ4n) is 8.22. The number of hydrogen-bond acceptors (Lipinski definition) is 10. The summed E-state index contributed by atoms with van der Waals surface area (Å²) in [5.41, 5.74) is 7.25. The number of fused-ring (bicyclic) bond motifs is 3. The van der Waals surface area contributed by atoms with Gasteiger partial charge in [0.1, 0.15) is 5.75 Å². The van der Waals surface area contributed by atoms with E-state index in [9.17, 15) is 0 Å². The van der Waals surface area contributed by atoms with Gasteiger partial charge in [0, 0.05) is 88.4 Å². The second kappa shape index (κ2) is 13.1. The van der Waals surface area contributed by atoms with Crippen molar-refractivity contribution in [2.75, 3.05) is 0 Å². The van der Waals surface area contributed by atoms with Crippen LogP contribution in [0.3, 0.4) is 0 Å². The third-order valence-electron chi connectivity index (χ3n) is 10.5. The highest BCUT2D eigenvalue weighted by Crippen LogP contribution is 2.64. The molecule has 12 nitrogen and oxygen atoms in total. The van der Waals surface area contributed by atoms with E-state index in [-0.39, 0.29) is 0 Å². The smallest absolute Gasteiger partial charge is 0.220 e. The van der Waals surface area contributed by atoms with Crippen LogP contribution in [0.5, 0.6) is 5.75 Å². The number of pyridine rings is 2. The number of rotatable bonds is 7. The quantitative estimate of drug-likeness (QED) is 0.163. The maximum atomic E-state index is 7.78. The van der Waals surface area contributed by atoms with Crippen LogP contribution in [0.2, 0.25) is 0 Å². The predicted octanol–water partition coefficient (Wildman–Crippen LogP) is 8.34. The van der Waals surface area contributed by atoms with E-state index in [2.05, 4.69) is 50.4 Å². The van der Waals surface area contributed by atoms with Gasteiger partial charge < -0.3 is 14.7 Å². The normalized spacial score (nSPS) is 16.1. The summed E-state index contributed by atoms with van der Waals surface area (Å²) < 4.78 is 7.78. The maximum Gasteiger partial charge on any atom is 0.220 e.